The molecule has 0 amide bonds. The Balaban J connectivity index is 1.78. The normalized spacial score (nSPS) is 28.4. The maximum Gasteiger partial charge on any atom is 0.128 e. The molecule has 2 unspecified atom stereocenters. The molecule has 2 fully saturated rings. The molecule has 1 saturated carbocycles. The van der Waals surface area contributed by atoms with Crippen LogP contribution in [0, 0.1) is 11.8 Å². The van der Waals surface area contributed by atoms with Gasteiger partial charge in [0.2, 0.25) is 0 Å². The third-order valence-electron chi connectivity index (χ3n) is 4.04. The van der Waals surface area contributed by atoms with Gasteiger partial charge in [0.05, 0.1) is 6.61 Å². The number of pyridine rings is 1. The molecule has 1 N–H and O–H groups in total. The second-order valence-corrected chi connectivity index (χ2v) is 5.04. The first-order chi connectivity index (χ1) is 7.86. The molecule has 2 aliphatic rings. The highest BCUT2D eigenvalue weighted by Gasteiger charge is 2.36. The fourth-order valence-corrected chi connectivity index (χ4v) is 3.15. The molecule has 3 heteroatoms. The van der Waals surface area contributed by atoms with Crippen molar-refractivity contribution in [1.82, 2.24) is 4.98 Å². The maximum absolute atomic E-state index is 9.12. The van der Waals surface area contributed by atoms with Crippen LogP contribution in [0.25, 0.3) is 0 Å². The van der Waals surface area contributed by atoms with Crippen molar-refractivity contribution in [3.8, 4) is 0 Å². The van der Waals surface area contributed by atoms with E-state index in [1.807, 2.05) is 12.1 Å². The molecule has 0 spiro atoms. The van der Waals surface area contributed by atoms with Gasteiger partial charge in [-0.2, -0.15) is 0 Å². The molecule has 3 nitrogen and oxygen atoms in total. The monoisotopic (exact) mass is 218 g/mol. The Bertz CT molecular complexity index is 368. The van der Waals surface area contributed by atoms with Gasteiger partial charge in [-0.05, 0) is 42.4 Å². The second-order valence-electron chi connectivity index (χ2n) is 5.04. The van der Waals surface area contributed by atoms with E-state index >= 15 is 0 Å². The summed E-state index contributed by atoms with van der Waals surface area (Å²) in [6, 6.07) is 3.89. The predicted molar refractivity (Wildman–Crippen MR) is 63.2 cm³/mol. The van der Waals surface area contributed by atoms with Crippen LogP contribution in [0.5, 0.6) is 0 Å². The average molecular weight is 218 g/mol. The molecular weight excluding hydrogens is 200 g/mol. The number of aliphatic hydroxyl groups excluding tert-OH is 1. The highest BCUT2D eigenvalue weighted by atomic mass is 16.3. The largest absolute Gasteiger partial charge is 0.392 e. The van der Waals surface area contributed by atoms with Crippen LogP contribution in [-0.2, 0) is 6.61 Å². The summed E-state index contributed by atoms with van der Waals surface area (Å²) in [6.07, 6.45) is 5.99. The van der Waals surface area contributed by atoms with Gasteiger partial charge in [-0.25, -0.2) is 4.98 Å². The van der Waals surface area contributed by atoms with E-state index in [9.17, 15) is 0 Å². The average Bonchev–Trinajstić information content (AvgIpc) is 2.89. The molecule has 2 heterocycles. The van der Waals surface area contributed by atoms with E-state index in [-0.39, 0.29) is 6.61 Å². The smallest absolute Gasteiger partial charge is 0.128 e. The van der Waals surface area contributed by atoms with Crippen molar-refractivity contribution in [2.75, 3.05) is 18.0 Å². The number of nitrogens with zero attached hydrogens (tertiary/aromatic N) is 2. The molecular formula is C13H18N2O. The summed E-state index contributed by atoms with van der Waals surface area (Å²) in [7, 11) is 0. The number of rotatable bonds is 2. The summed E-state index contributed by atoms with van der Waals surface area (Å²) >= 11 is 0. The van der Waals surface area contributed by atoms with Crippen molar-refractivity contribution in [1.29, 1.82) is 0 Å². The number of fused-ring (bicyclic) bond motifs is 1. The fraction of sp³-hybridized carbons (Fsp3) is 0.615. The third kappa shape index (κ3) is 1.69. The van der Waals surface area contributed by atoms with E-state index in [1.165, 1.54) is 19.3 Å². The predicted octanol–water partition coefficient (Wildman–Crippen LogP) is 1.81. The molecule has 0 aromatic carbocycles. The Labute approximate surface area is 96.1 Å². The van der Waals surface area contributed by atoms with Crippen molar-refractivity contribution in [3.05, 3.63) is 23.9 Å². The Morgan fingerprint density at radius 2 is 2.06 bits per heavy atom. The minimum Gasteiger partial charge on any atom is -0.392 e. The van der Waals surface area contributed by atoms with E-state index in [2.05, 4.69) is 9.88 Å². The second kappa shape index (κ2) is 4.06. The van der Waals surface area contributed by atoms with Crippen LogP contribution in [-0.4, -0.2) is 23.2 Å². The summed E-state index contributed by atoms with van der Waals surface area (Å²) in [5.41, 5.74) is 0.960. The van der Waals surface area contributed by atoms with E-state index in [1.54, 1.807) is 6.20 Å². The first kappa shape index (κ1) is 10.1. The van der Waals surface area contributed by atoms with Crippen LogP contribution < -0.4 is 4.90 Å². The van der Waals surface area contributed by atoms with Gasteiger partial charge < -0.3 is 10.0 Å². The summed E-state index contributed by atoms with van der Waals surface area (Å²) < 4.78 is 0. The van der Waals surface area contributed by atoms with Crippen LogP contribution in [0.15, 0.2) is 18.3 Å². The summed E-state index contributed by atoms with van der Waals surface area (Å²) in [6.45, 7) is 2.43. The Morgan fingerprint density at radius 1 is 1.31 bits per heavy atom. The minimum absolute atomic E-state index is 0.107. The molecule has 86 valence electrons. The summed E-state index contributed by atoms with van der Waals surface area (Å²) in [4.78, 5) is 6.79. The van der Waals surface area contributed by atoms with Crippen LogP contribution in [0.3, 0.4) is 0 Å². The molecule has 1 aromatic rings. The van der Waals surface area contributed by atoms with Crippen LogP contribution in [0.4, 0.5) is 5.82 Å². The van der Waals surface area contributed by atoms with Gasteiger partial charge in [0.15, 0.2) is 0 Å². The lowest BCUT2D eigenvalue weighted by molar-refractivity contribution is 0.281. The first-order valence-corrected chi connectivity index (χ1v) is 6.17. The quantitative estimate of drug-likeness (QED) is 0.822. The van der Waals surface area contributed by atoms with Gasteiger partial charge in [-0.3, -0.25) is 0 Å². The van der Waals surface area contributed by atoms with Crippen molar-refractivity contribution in [3.63, 3.8) is 0 Å². The number of hydrogen-bond acceptors (Lipinski definition) is 3. The maximum atomic E-state index is 9.12. The van der Waals surface area contributed by atoms with Crippen molar-refractivity contribution in [2.24, 2.45) is 11.8 Å². The van der Waals surface area contributed by atoms with Crippen LogP contribution in [0.2, 0.25) is 0 Å². The van der Waals surface area contributed by atoms with Gasteiger partial charge in [0.25, 0.3) is 0 Å². The minimum atomic E-state index is 0.107. The van der Waals surface area contributed by atoms with Gasteiger partial charge >= 0.3 is 0 Å². The lowest BCUT2D eigenvalue weighted by atomic mass is 10.0. The van der Waals surface area contributed by atoms with Crippen LogP contribution >= 0.6 is 0 Å². The number of aliphatic hydroxyl groups is 1. The van der Waals surface area contributed by atoms with E-state index < -0.39 is 0 Å². The molecule has 1 aliphatic carbocycles. The Kier molecular flexibility index (Phi) is 2.56. The molecule has 0 bridgehead atoms. The fourth-order valence-electron chi connectivity index (χ4n) is 3.15. The van der Waals surface area contributed by atoms with Gasteiger partial charge in [0.1, 0.15) is 5.82 Å². The molecule has 1 saturated heterocycles. The highest BCUT2D eigenvalue weighted by molar-refractivity contribution is 5.42. The molecule has 1 aromatic heterocycles. The molecule has 2 atom stereocenters. The highest BCUT2D eigenvalue weighted by Crippen LogP contribution is 2.39. The lowest BCUT2D eigenvalue weighted by Crippen LogP contribution is -2.21. The first-order valence-electron chi connectivity index (χ1n) is 6.17. The molecule has 0 radical (unpaired) electrons. The number of aromatic nitrogens is 1. The van der Waals surface area contributed by atoms with Gasteiger partial charge in [-0.15, -0.1) is 0 Å². The van der Waals surface area contributed by atoms with E-state index in [0.717, 1.165) is 36.3 Å². The zero-order valence-electron chi connectivity index (χ0n) is 9.47. The van der Waals surface area contributed by atoms with Gasteiger partial charge in [-0.1, -0.05) is 6.42 Å². The zero-order valence-corrected chi connectivity index (χ0v) is 9.47. The summed E-state index contributed by atoms with van der Waals surface area (Å²) in [5.74, 6) is 2.82. The number of hydrogen-bond donors (Lipinski definition) is 1. The van der Waals surface area contributed by atoms with Crippen molar-refractivity contribution in [2.45, 2.75) is 25.9 Å². The summed E-state index contributed by atoms with van der Waals surface area (Å²) in [5, 5.41) is 9.12. The SMILES string of the molecule is OCc1ccnc(N2CC3CCCC3C2)c1. The molecule has 16 heavy (non-hydrogen) atoms. The third-order valence-corrected chi connectivity index (χ3v) is 4.04. The standard InChI is InChI=1S/C13H18N2O/c16-9-10-4-5-14-13(6-10)15-7-11-2-1-3-12(11)8-15/h4-6,11-12,16H,1-3,7-9H2. The van der Waals surface area contributed by atoms with Crippen molar-refractivity contribution < 1.29 is 5.11 Å². The van der Waals surface area contributed by atoms with Crippen molar-refractivity contribution >= 4 is 5.82 Å². The van der Waals surface area contributed by atoms with Gasteiger partial charge in [0, 0.05) is 19.3 Å². The Morgan fingerprint density at radius 3 is 2.75 bits per heavy atom. The lowest BCUT2D eigenvalue weighted by Gasteiger charge is -2.18. The van der Waals surface area contributed by atoms with Crippen LogP contribution in [0.1, 0.15) is 24.8 Å². The zero-order chi connectivity index (χ0) is 11.0. The molecule has 3 rings (SSSR count). The number of anilines is 1. The van der Waals surface area contributed by atoms with E-state index in [4.69, 9.17) is 5.11 Å². The topological polar surface area (TPSA) is 36.4 Å². The Hall–Kier alpha value is -1.09. The molecule has 1 aliphatic heterocycles. The van der Waals surface area contributed by atoms with E-state index in [0.29, 0.717) is 0 Å².